The largest absolute Gasteiger partial charge is 0.323 e. The van der Waals surface area contributed by atoms with Crippen molar-refractivity contribution in [2.24, 2.45) is 4.99 Å². The fourth-order valence-electron chi connectivity index (χ4n) is 1.08. The molecule has 1 heterocycles. The molecule has 3 heteroatoms. The molecule has 1 aliphatic rings. The van der Waals surface area contributed by atoms with Gasteiger partial charge in [0.2, 0.25) is 0 Å². The third-order valence-corrected chi connectivity index (χ3v) is 1.67. The number of nitrogens with zero attached hydrogens (tertiary/aromatic N) is 1. The smallest absolute Gasteiger partial charge is 0.0494 e. The van der Waals surface area contributed by atoms with Gasteiger partial charge in [0, 0.05) is 13.2 Å². The first-order chi connectivity index (χ1) is 5.76. The van der Waals surface area contributed by atoms with Gasteiger partial charge in [-0.05, 0) is 40.2 Å². The van der Waals surface area contributed by atoms with Gasteiger partial charge in [0.25, 0.3) is 0 Å². The zero-order chi connectivity index (χ0) is 9.40. The van der Waals surface area contributed by atoms with E-state index in [9.17, 15) is 0 Å². The molecule has 0 aromatic heterocycles. The number of hydrogen-bond acceptors (Lipinski definition) is 3. The van der Waals surface area contributed by atoms with E-state index in [1.807, 2.05) is 14.1 Å². The van der Waals surface area contributed by atoms with E-state index in [4.69, 9.17) is 0 Å². The molecule has 0 aromatic rings. The van der Waals surface area contributed by atoms with Crippen LogP contribution in [0, 0.1) is 0 Å². The molecule has 1 atom stereocenters. The van der Waals surface area contributed by atoms with Gasteiger partial charge < -0.3 is 10.6 Å². The maximum absolute atomic E-state index is 3.76. The van der Waals surface area contributed by atoms with E-state index in [2.05, 4.69) is 28.9 Å². The van der Waals surface area contributed by atoms with Gasteiger partial charge in [0.1, 0.15) is 0 Å². The molecular weight excluding hydrogens is 150 g/mol. The van der Waals surface area contributed by atoms with Crippen molar-refractivity contribution in [3.8, 4) is 0 Å². The van der Waals surface area contributed by atoms with E-state index < -0.39 is 0 Å². The van der Waals surface area contributed by atoms with Crippen molar-refractivity contribution in [3.63, 3.8) is 0 Å². The Balaban J connectivity index is 0. The molecule has 1 fully saturated rings. The van der Waals surface area contributed by atoms with E-state index in [1.54, 1.807) is 0 Å². The quantitative estimate of drug-likeness (QED) is 0.609. The van der Waals surface area contributed by atoms with Gasteiger partial charge in [-0.25, -0.2) is 0 Å². The van der Waals surface area contributed by atoms with Crippen LogP contribution < -0.4 is 10.6 Å². The number of nitrogens with one attached hydrogen (secondary N) is 2. The SMILES string of the molecule is C=NC(=C)[C@@H]1CCCN1.CNC.[HH]. The van der Waals surface area contributed by atoms with Crippen molar-refractivity contribution in [3.05, 3.63) is 12.3 Å². The number of hydrogen-bond donors (Lipinski definition) is 2. The van der Waals surface area contributed by atoms with E-state index in [0.717, 1.165) is 18.7 Å². The summed E-state index contributed by atoms with van der Waals surface area (Å²) in [7, 11) is 3.75. The third-order valence-electron chi connectivity index (χ3n) is 1.67. The summed E-state index contributed by atoms with van der Waals surface area (Å²) in [6.45, 7) is 8.28. The topological polar surface area (TPSA) is 36.4 Å². The minimum atomic E-state index is 0. The monoisotopic (exact) mass is 171 g/mol. The zero-order valence-electron chi connectivity index (χ0n) is 8.06. The molecule has 1 saturated heterocycles. The molecule has 0 unspecified atom stereocenters. The Kier molecular flexibility index (Phi) is 6.61. The Morgan fingerprint density at radius 2 is 2.25 bits per heavy atom. The van der Waals surface area contributed by atoms with E-state index in [-0.39, 0.29) is 1.43 Å². The normalized spacial score (nSPS) is 21.0. The van der Waals surface area contributed by atoms with Crippen LogP contribution in [0.2, 0.25) is 0 Å². The molecule has 0 amide bonds. The molecule has 12 heavy (non-hydrogen) atoms. The average Bonchev–Trinajstić information content (AvgIpc) is 2.56. The maximum atomic E-state index is 3.76. The Morgan fingerprint density at radius 3 is 2.58 bits per heavy atom. The van der Waals surface area contributed by atoms with Crippen molar-refractivity contribution in [1.82, 2.24) is 10.6 Å². The molecule has 0 aromatic carbocycles. The molecule has 1 rings (SSSR count). The van der Waals surface area contributed by atoms with Gasteiger partial charge >= 0.3 is 0 Å². The van der Waals surface area contributed by atoms with Gasteiger partial charge in [0.15, 0.2) is 0 Å². The molecule has 0 bridgehead atoms. The van der Waals surface area contributed by atoms with E-state index >= 15 is 0 Å². The molecule has 0 saturated carbocycles. The highest BCUT2D eigenvalue weighted by Crippen LogP contribution is 2.12. The lowest BCUT2D eigenvalue weighted by Crippen LogP contribution is -2.21. The van der Waals surface area contributed by atoms with Gasteiger partial charge in [-0.15, -0.1) is 0 Å². The molecule has 2 N–H and O–H groups in total. The van der Waals surface area contributed by atoms with Gasteiger partial charge in [0.05, 0.1) is 0 Å². The highest BCUT2D eigenvalue weighted by Gasteiger charge is 2.15. The number of aliphatic imine (C=N–C) groups is 1. The second-order valence-corrected chi connectivity index (χ2v) is 2.80. The first-order valence-electron chi connectivity index (χ1n) is 4.23. The van der Waals surface area contributed by atoms with Crippen LogP contribution >= 0.6 is 0 Å². The average molecular weight is 171 g/mol. The van der Waals surface area contributed by atoms with E-state index in [1.165, 1.54) is 6.42 Å². The second kappa shape index (κ2) is 7.00. The van der Waals surface area contributed by atoms with Crippen LogP contribution in [0.25, 0.3) is 0 Å². The Bertz CT molecular complexity index is 142. The van der Waals surface area contributed by atoms with Gasteiger partial charge in [-0.2, -0.15) is 0 Å². The number of rotatable bonds is 2. The first kappa shape index (κ1) is 11.3. The fraction of sp³-hybridized carbons (Fsp3) is 0.667. The summed E-state index contributed by atoms with van der Waals surface area (Å²) in [6, 6.07) is 0.405. The Labute approximate surface area is 76.4 Å². The summed E-state index contributed by atoms with van der Waals surface area (Å²) in [5.74, 6) is 0. The molecule has 1 aliphatic heterocycles. The summed E-state index contributed by atoms with van der Waals surface area (Å²) in [6.07, 6.45) is 2.40. The van der Waals surface area contributed by atoms with Crippen LogP contribution in [0.1, 0.15) is 14.3 Å². The van der Waals surface area contributed by atoms with Crippen LogP contribution in [0.4, 0.5) is 0 Å². The van der Waals surface area contributed by atoms with Crippen LogP contribution in [-0.4, -0.2) is 33.4 Å². The van der Waals surface area contributed by atoms with Crippen LogP contribution in [0.15, 0.2) is 17.3 Å². The van der Waals surface area contributed by atoms with Crippen LogP contribution in [-0.2, 0) is 0 Å². The standard InChI is InChI=1S/C7H12N2.C2H7N.H2/c1-6(8-2)7-4-3-5-9-7;1-3-2;/h7,9H,1-5H2;3H,1-2H3;1H/t7-;;/m0../s1. The van der Waals surface area contributed by atoms with Crippen molar-refractivity contribution < 1.29 is 1.43 Å². The lowest BCUT2D eigenvalue weighted by Gasteiger charge is -2.06. The maximum Gasteiger partial charge on any atom is 0.0494 e. The fourth-order valence-corrected chi connectivity index (χ4v) is 1.08. The zero-order valence-corrected chi connectivity index (χ0v) is 8.06. The van der Waals surface area contributed by atoms with Crippen LogP contribution in [0.3, 0.4) is 0 Å². The summed E-state index contributed by atoms with van der Waals surface area (Å²) >= 11 is 0. The van der Waals surface area contributed by atoms with Crippen molar-refractivity contribution >= 4 is 6.72 Å². The predicted octanol–water partition coefficient (Wildman–Crippen LogP) is 1.03. The minimum Gasteiger partial charge on any atom is -0.323 e. The van der Waals surface area contributed by atoms with Crippen molar-refractivity contribution in [1.29, 1.82) is 0 Å². The third kappa shape index (κ3) is 4.26. The van der Waals surface area contributed by atoms with Crippen molar-refractivity contribution in [2.75, 3.05) is 20.6 Å². The molecular formula is C9H21N3. The highest BCUT2D eigenvalue weighted by atomic mass is 15.0. The molecule has 0 aliphatic carbocycles. The summed E-state index contributed by atoms with van der Waals surface area (Å²) in [4.78, 5) is 3.76. The molecule has 0 spiro atoms. The van der Waals surface area contributed by atoms with Gasteiger partial charge in [-0.1, -0.05) is 6.58 Å². The highest BCUT2D eigenvalue weighted by molar-refractivity contribution is 5.29. The molecule has 72 valence electrons. The second-order valence-electron chi connectivity index (χ2n) is 2.80. The lowest BCUT2D eigenvalue weighted by molar-refractivity contribution is 0.686. The van der Waals surface area contributed by atoms with E-state index in [0.29, 0.717) is 6.04 Å². The lowest BCUT2D eigenvalue weighted by atomic mass is 10.2. The Hall–Kier alpha value is -0.670. The Morgan fingerprint density at radius 1 is 1.67 bits per heavy atom. The van der Waals surface area contributed by atoms with Crippen molar-refractivity contribution in [2.45, 2.75) is 18.9 Å². The predicted molar refractivity (Wildman–Crippen MR) is 56.8 cm³/mol. The summed E-state index contributed by atoms with van der Waals surface area (Å²) in [5, 5.41) is 6.02. The minimum absolute atomic E-state index is 0. The van der Waals surface area contributed by atoms with Gasteiger partial charge in [-0.3, -0.25) is 4.99 Å². The summed E-state index contributed by atoms with van der Waals surface area (Å²) in [5.41, 5.74) is 0.882. The summed E-state index contributed by atoms with van der Waals surface area (Å²) < 4.78 is 0. The molecule has 3 nitrogen and oxygen atoms in total. The molecule has 0 radical (unpaired) electrons. The van der Waals surface area contributed by atoms with Crippen LogP contribution in [0.5, 0.6) is 0 Å². The first-order valence-corrected chi connectivity index (χ1v) is 4.23.